The smallest absolute Gasteiger partial charge is 0.303 e. The van der Waals surface area contributed by atoms with Crippen molar-refractivity contribution in [3.63, 3.8) is 0 Å². The van der Waals surface area contributed by atoms with E-state index in [-0.39, 0.29) is 17.8 Å². The molecule has 0 aliphatic rings. The van der Waals surface area contributed by atoms with Gasteiger partial charge < -0.3 is 10.4 Å². The second kappa shape index (κ2) is 7.02. The SMILES string of the molecule is CC(C)CC(CNc1nc(C(C)(C)C)ns1)CC(=O)O. The first-order valence-electron chi connectivity index (χ1n) is 6.98. The molecule has 1 atom stereocenters. The Morgan fingerprint density at radius 1 is 1.40 bits per heavy atom. The number of carboxylic acids is 1. The number of nitrogens with one attached hydrogen (secondary N) is 1. The first kappa shape index (κ1) is 16.9. The molecule has 114 valence electrons. The summed E-state index contributed by atoms with van der Waals surface area (Å²) < 4.78 is 4.34. The van der Waals surface area contributed by atoms with Crippen LogP contribution >= 0.6 is 11.5 Å². The van der Waals surface area contributed by atoms with Gasteiger partial charge in [-0.05, 0) is 18.3 Å². The Balaban J connectivity index is 2.58. The molecule has 1 aromatic rings. The summed E-state index contributed by atoms with van der Waals surface area (Å²) in [5.74, 6) is 0.684. The molecule has 1 heterocycles. The highest BCUT2D eigenvalue weighted by atomic mass is 32.1. The molecule has 0 saturated carbocycles. The molecule has 0 radical (unpaired) electrons. The van der Waals surface area contributed by atoms with Crippen molar-refractivity contribution >= 4 is 22.6 Å². The highest BCUT2D eigenvalue weighted by molar-refractivity contribution is 7.09. The van der Waals surface area contributed by atoms with E-state index in [4.69, 9.17) is 5.11 Å². The fourth-order valence-electron chi connectivity index (χ4n) is 1.98. The summed E-state index contributed by atoms with van der Waals surface area (Å²) in [6.07, 6.45) is 1.08. The van der Waals surface area contributed by atoms with E-state index >= 15 is 0 Å². The van der Waals surface area contributed by atoms with Crippen molar-refractivity contribution in [1.82, 2.24) is 9.36 Å². The molecule has 6 heteroatoms. The minimum atomic E-state index is -0.745. The zero-order chi connectivity index (χ0) is 15.3. The van der Waals surface area contributed by atoms with Crippen LogP contribution in [0.5, 0.6) is 0 Å². The maximum absolute atomic E-state index is 10.9. The number of anilines is 1. The average molecular weight is 299 g/mol. The number of carboxylic acid groups (broad SMARTS) is 1. The lowest BCUT2D eigenvalue weighted by molar-refractivity contribution is -0.138. The highest BCUT2D eigenvalue weighted by Crippen LogP contribution is 2.24. The largest absolute Gasteiger partial charge is 0.481 e. The van der Waals surface area contributed by atoms with Crippen LogP contribution in [-0.2, 0) is 10.2 Å². The fourth-order valence-corrected chi connectivity index (χ4v) is 2.75. The molecular weight excluding hydrogens is 274 g/mol. The van der Waals surface area contributed by atoms with Gasteiger partial charge in [0.25, 0.3) is 0 Å². The van der Waals surface area contributed by atoms with Crippen LogP contribution in [0, 0.1) is 11.8 Å². The van der Waals surface area contributed by atoms with Crippen LogP contribution in [-0.4, -0.2) is 27.0 Å². The Hall–Kier alpha value is -1.17. The first-order valence-corrected chi connectivity index (χ1v) is 7.75. The van der Waals surface area contributed by atoms with Gasteiger partial charge in [0.05, 0.1) is 0 Å². The van der Waals surface area contributed by atoms with E-state index in [0.717, 1.165) is 17.4 Å². The average Bonchev–Trinajstić information content (AvgIpc) is 2.72. The van der Waals surface area contributed by atoms with Gasteiger partial charge in [-0.3, -0.25) is 4.79 Å². The van der Waals surface area contributed by atoms with Gasteiger partial charge in [-0.25, -0.2) is 4.98 Å². The molecule has 1 aromatic heterocycles. The monoisotopic (exact) mass is 299 g/mol. The number of aromatic nitrogens is 2. The van der Waals surface area contributed by atoms with Gasteiger partial charge in [-0.1, -0.05) is 34.6 Å². The third-order valence-electron chi connectivity index (χ3n) is 2.91. The van der Waals surface area contributed by atoms with Gasteiger partial charge in [0.2, 0.25) is 5.13 Å². The maximum atomic E-state index is 10.9. The summed E-state index contributed by atoms with van der Waals surface area (Å²) in [6.45, 7) is 11.1. The molecule has 0 saturated heterocycles. The number of carbonyl (C=O) groups is 1. The van der Waals surface area contributed by atoms with Crippen LogP contribution in [0.3, 0.4) is 0 Å². The van der Waals surface area contributed by atoms with Crippen LogP contribution in [0.1, 0.15) is 53.3 Å². The Morgan fingerprint density at radius 3 is 2.50 bits per heavy atom. The third-order valence-corrected chi connectivity index (χ3v) is 3.58. The molecule has 0 aliphatic heterocycles. The topological polar surface area (TPSA) is 75.1 Å². The molecule has 0 spiro atoms. The lowest BCUT2D eigenvalue weighted by atomic mass is 9.94. The summed E-state index contributed by atoms with van der Waals surface area (Å²) in [7, 11) is 0. The van der Waals surface area contributed by atoms with E-state index in [1.165, 1.54) is 11.5 Å². The second-order valence-electron chi connectivity index (χ2n) is 6.65. The second-order valence-corrected chi connectivity index (χ2v) is 7.40. The van der Waals surface area contributed by atoms with E-state index in [0.29, 0.717) is 12.5 Å². The van der Waals surface area contributed by atoms with E-state index in [2.05, 4.69) is 49.3 Å². The van der Waals surface area contributed by atoms with Crippen molar-refractivity contribution in [3.8, 4) is 0 Å². The van der Waals surface area contributed by atoms with Gasteiger partial charge in [0, 0.05) is 29.9 Å². The normalized spacial score (nSPS) is 13.5. The molecule has 0 aromatic carbocycles. The van der Waals surface area contributed by atoms with Crippen molar-refractivity contribution in [2.24, 2.45) is 11.8 Å². The van der Waals surface area contributed by atoms with Crippen molar-refractivity contribution in [3.05, 3.63) is 5.82 Å². The molecule has 0 amide bonds. The van der Waals surface area contributed by atoms with Gasteiger partial charge in [-0.15, -0.1) is 0 Å². The van der Waals surface area contributed by atoms with Crippen LogP contribution in [0.25, 0.3) is 0 Å². The van der Waals surface area contributed by atoms with Crippen LogP contribution < -0.4 is 5.32 Å². The molecule has 0 aliphatic carbocycles. The molecule has 20 heavy (non-hydrogen) atoms. The lowest BCUT2D eigenvalue weighted by Gasteiger charge is -2.17. The zero-order valence-corrected chi connectivity index (χ0v) is 13.8. The van der Waals surface area contributed by atoms with Gasteiger partial charge in [0.1, 0.15) is 5.82 Å². The predicted octanol–water partition coefficient (Wildman–Crippen LogP) is 3.38. The fraction of sp³-hybridized carbons (Fsp3) is 0.786. The Labute approximate surface area is 125 Å². The molecule has 1 rings (SSSR count). The van der Waals surface area contributed by atoms with Crippen molar-refractivity contribution < 1.29 is 9.90 Å². The number of hydrogen-bond donors (Lipinski definition) is 2. The van der Waals surface area contributed by atoms with Crippen LogP contribution in [0.2, 0.25) is 0 Å². The third kappa shape index (κ3) is 5.86. The van der Waals surface area contributed by atoms with Gasteiger partial charge in [-0.2, -0.15) is 4.37 Å². The van der Waals surface area contributed by atoms with Crippen molar-refractivity contribution in [2.75, 3.05) is 11.9 Å². The maximum Gasteiger partial charge on any atom is 0.303 e. The van der Waals surface area contributed by atoms with E-state index in [9.17, 15) is 4.79 Å². The van der Waals surface area contributed by atoms with Gasteiger partial charge >= 0.3 is 5.97 Å². The summed E-state index contributed by atoms with van der Waals surface area (Å²) in [5.41, 5.74) is -0.0607. The van der Waals surface area contributed by atoms with E-state index in [1.807, 2.05) is 0 Å². The van der Waals surface area contributed by atoms with Gasteiger partial charge in [0.15, 0.2) is 0 Å². The lowest BCUT2D eigenvalue weighted by Crippen LogP contribution is -2.20. The summed E-state index contributed by atoms with van der Waals surface area (Å²) in [4.78, 5) is 15.3. The van der Waals surface area contributed by atoms with Crippen LogP contribution in [0.15, 0.2) is 0 Å². The number of nitrogens with zero attached hydrogens (tertiary/aromatic N) is 2. The molecule has 2 N–H and O–H groups in total. The molecule has 5 nitrogen and oxygen atoms in total. The summed E-state index contributed by atoms with van der Waals surface area (Å²) in [5, 5.41) is 13.0. The minimum Gasteiger partial charge on any atom is -0.481 e. The Bertz CT molecular complexity index is 438. The summed E-state index contributed by atoms with van der Waals surface area (Å²) >= 11 is 1.34. The Morgan fingerprint density at radius 2 is 2.05 bits per heavy atom. The summed E-state index contributed by atoms with van der Waals surface area (Å²) in [6, 6.07) is 0. The number of rotatable bonds is 7. The van der Waals surface area contributed by atoms with E-state index in [1.54, 1.807) is 0 Å². The highest BCUT2D eigenvalue weighted by Gasteiger charge is 2.20. The van der Waals surface area contributed by atoms with E-state index < -0.39 is 5.97 Å². The first-order chi connectivity index (χ1) is 9.18. The minimum absolute atomic E-state index is 0.0607. The zero-order valence-electron chi connectivity index (χ0n) is 12.9. The predicted molar refractivity (Wildman–Crippen MR) is 82.3 cm³/mol. The van der Waals surface area contributed by atoms with Crippen molar-refractivity contribution in [1.29, 1.82) is 0 Å². The molecule has 0 fully saturated rings. The molecular formula is C14H25N3O2S. The Kier molecular flexibility index (Phi) is 5.92. The molecule has 1 unspecified atom stereocenters. The van der Waals surface area contributed by atoms with Crippen LogP contribution in [0.4, 0.5) is 5.13 Å². The quantitative estimate of drug-likeness (QED) is 0.807. The standard InChI is InChI=1S/C14H25N3O2S/c1-9(2)6-10(7-11(18)19)8-15-13-16-12(17-20-13)14(3,4)5/h9-10H,6-8H2,1-5H3,(H,18,19)(H,15,16,17). The van der Waals surface area contributed by atoms with Crippen molar-refractivity contribution in [2.45, 2.75) is 52.9 Å². The molecule has 0 bridgehead atoms. The number of aliphatic carboxylic acids is 1. The number of hydrogen-bond acceptors (Lipinski definition) is 5.